The van der Waals surface area contributed by atoms with E-state index in [1.165, 1.54) is 0 Å². The summed E-state index contributed by atoms with van der Waals surface area (Å²) in [6.45, 7) is 7.39. The minimum absolute atomic E-state index is 0.0487. The van der Waals surface area contributed by atoms with E-state index in [2.05, 4.69) is 5.16 Å². The van der Waals surface area contributed by atoms with E-state index < -0.39 is 16.2 Å². The number of rotatable bonds is 1. The molecule has 3 fully saturated rings. The van der Waals surface area contributed by atoms with Gasteiger partial charge in [0.05, 0.1) is 0 Å². The van der Waals surface area contributed by atoms with Gasteiger partial charge >= 0.3 is 0 Å². The first-order valence-corrected chi connectivity index (χ1v) is 7.40. The first-order valence-electron chi connectivity index (χ1n) is 7.40. The number of amides is 1. The number of carbonyl (C=O) groups excluding carboxylic acids is 2. The van der Waals surface area contributed by atoms with Gasteiger partial charge < -0.3 is 10.1 Å². The van der Waals surface area contributed by atoms with Gasteiger partial charge in [0.1, 0.15) is 11.1 Å². The van der Waals surface area contributed by atoms with E-state index in [0.29, 0.717) is 6.42 Å². The average Bonchev–Trinajstić information content (AvgIpc) is 3.01. The van der Waals surface area contributed by atoms with E-state index >= 15 is 0 Å². The average molecular weight is 278 g/mol. The van der Waals surface area contributed by atoms with Crippen LogP contribution in [0.5, 0.6) is 0 Å². The van der Waals surface area contributed by atoms with Gasteiger partial charge in [0.15, 0.2) is 5.78 Å². The maximum absolute atomic E-state index is 13.0. The van der Waals surface area contributed by atoms with Gasteiger partial charge in [-0.25, -0.2) is 0 Å². The predicted octanol–water partition coefficient (Wildman–Crippen LogP) is 1.83. The van der Waals surface area contributed by atoms with Crippen molar-refractivity contribution in [1.29, 1.82) is 0 Å². The number of likely N-dealkylation sites (tertiary alicyclic amines) is 1. The number of oxime groups is 1. The van der Waals surface area contributed by atoms with Gasteiger partial charge in [0.2, 0.25) is 5.91 Å². The Balaban J connectivity index is 2.12. The standard InChI is InChI=1S/C15H22N2O3/c1-13(2)14(3)6-7-15(13,11(18)10(14)16-20)12(19)17-8-4-5-9-17/h20H,4-9H2,1-3H3. The van der Waals surface area contributed by atoms with Crippen molar-refractivity contribution in [3.05, 3.63) is 0 Å². The van der Waals surface area contributed by atoms with Crippen molar-refractivity contribution >= 4 is 17.4 Å². The van der Waals surface area contributed by atoms with Crippen molar-refractivity contribution in [2.75, 3.05) is 13.1 Å². The molecular weight excluding hydrogens is 256 g/mol. The first-order chi connectivity index (χ1) is 9.33. The summed E-state index contributed by atoms with van der Waals surface area (Å²) >= 11 is 0. The van der Waals surface area contributed by atoms with Crippen molar-refractivity contribution in [1.82, 2.24) is 4.90 Å². The molecule has 3 aliphatic rings. The molecule has 2 atom stereocenters. The Kier molecular flexibility index (Phi) is 2.60. The highest BCUT2D eigenvalue weighted by Crippen LogP contribution is 2.69. The zero-order valence-corrected chi connectivity index (χ0v) is 12.4. The first kappa shape index (κ1) is 13.6. The van der Waals surface area contributed by atoms with Gasteiger partial charge in [-0.2, -0.15) is 0 Å². The Hall–Kier alpha value is -1.39. The molecule has 1 saturated heterocycles. The molecule has 0 spiro atoms. The third kappa shape index (κ3) is 1.18. The number of hydrogen-bond acceptors (Lipinski definition) is 4. The molecule has 1 heterocycles. The topological polar surface area (TPSA) is 70.0 Å². The molecule has 1 aliphatic heterocycles. The number of carbonyl (C=O) groups is 2. The molecule has 0 aromatic rings. The van der Waals surface area contributed by atoms with E-state index in [1.807, 2.05) is 25.7 Å². The van der Waals surface area contributed by atoms with Crippen LogP contribution in [0.3, 0.4) is 0 Å². The molecule has 5 heteroatoms. The minimum Gasteiger partial charge on any atom is -0.411 e. The van der Waals surface area contributed by atoms with Crippen LogP contribution in [0.2, 0.25) is 0 Å². The van der Waals surface area contributed by atoms with Gasteiger partial charge in [-0.05, 0) is 31.1 Å². The summed E-state index contributed by atoms with van der Waals surface area (Å²) in [5, 5.41) is 12.5. The summed E-state index contributed by atoms with van der Waals surface area (Å²) < 4.78 is 0. The van der Waals surface area contributed by atoms with Gasteiger partial charge in [-0.1, -0.05) is 25.9 Å². The van der Waals surface area contributed by atoms with Crippen molar-refractivity contribution in [3.63, 3.8) is 0 Å². The van der Waals surface area contributed by atoms with Crippen LogP contribution in [-0.4, -0.2) is 40.6 Å². The molecule has 0 aromatic heterocycles. The zero-order chi connectivity index (χ0) is 14.8. The summed E-state index contributed by atoms with van der Waals surface area (Å²) in [5.74, 6) is -0.303. The lowest BCUT2D eigenvalue weighted by Crippen LogP contribution is -2.51. The largest absolute Gasteiger partial charge is 0.411 e. The van der Waals surface area contributed by atoms with Crippen LogP contribution in [0, 0.1) is 16.2 Å². The van der Waals surface area contributed by atoms with E-state index in [-0.39, 0.29) is 17.4 Å². The zero-order valence-electron chi connectivity index (χ0n) is 12.4. The Morgan fingerprint density at radius 1 is 1.20 bits per heavy atom. The third-order valence-corrected chi connectivity index (χ3v) is 6.43. The van der Waals surface area contributed by atoms with Crippen molar-refractivity contribution in [3.8, 4) is 0 Å². The molecule has 0 radical (unpaired) electrons. The monoisotopic (exact) mass is 278 g/mol. The second kappa shape index (κ2) is 3.83. The van der Waals surface area contributed by atoms with Crippen LogP contribution in [0.1, 0.15) is 46.5 Å². The van der Waals surface area contributed by atoms with Crippen LogP contribution < -0.4 is 0 Å². The number of Topliss-reactive ketones (excluding diaryl/α,β-unsaturated/α-hetero) is 1. The number of nitrogens with zero attached hydrogens (tertiary/aromatic N) is 2. The summed E-state index contributed by atoms with van der Waals surface area (Å²) in [6.07, 6.45) is 3.32. The Bertz CT molecular complexity index is 519. The number of fused-ring (bicyclic) bond motifs is 2. The second-order valence-electron chi connectivity index (χ2n) is 7.14. The highest BCUT2D eigenvalue weighted by Gasteiger charge is 2.77. The predicted molar refractivity (Wildman–Crippen MR) is 73.6 cm³/mol. The van der Waals surface area contributed by atoms with Gasteiger partial charge in [0, 0.05) is 18.5 Å². The second-order valence-corrected chi connectivity index (χ2v) is 7.14. The van der Waals surface area contributed by atoms with Crippen LogP contribution in [0.25, 0.3) is 0 Å². The highest BCUT2D eigenvalue weighted by atomic mass is 16.4. The third-order valence-electron chi connectivity index (χ3n) is 6.43. The lowest BCUT2D eigenvalue weighted by atomic mass is 9.64. The van der Waals surface area contributed by atoms with Gasteiger partial charge in [-0.3, -0.25) is 9.59 Å². The van der Waals surface area contributed by atoms with Crippen molar-refractivity contribution < 1.29 is 14.8 Å². The smallest absolute Gasteiger partial charge is 0.237 e. The molecule has 20 heavy (non-hydrogen) atoms. The van der Waals surface area contributed by atoms with Crippen LogP contribution in [0.4, 0.5) is 0 Å². The Morgan fingerprint density at radius 2 is 1.80 bits per heavy atom. The van der Waals surface area contributed by atoms with Crippen LogP contribution >= 0.6 is 0 Å². The molecule has 2 bridgehead atoms. The fourth-order valence-electron chi connectivity index (χ4n) is 4.62. The molecule has 0 aromatic carbocycles. The quantitative estimate of drug-likeness (QED) is 0.452. The Morgan fingerprint density at radius 3 is 2.30 bits per heavy atom. The Labute approximate surface area is 119 Å². The molecule has 110 valence electrons. The normalized spacial score (nSPS) is 40.9. The maximum atomic E-state index is 13.0. The number of ketones is 1. The summed E-state index contributed by atoms with van der Waals surface area (Å²) in [5.41, 5.74) is -1.83. The molecule has 2 saturated carbocycles. The molecule has 1 amide bonds. The van der Waals surface area contributed by atoms with Crippen LogP contribution in [-0.2, 0) is 9.59 Å². The molecule has 2 aliphatic carbocycles. The van der Waals surface area contributed by atoms with E-state index in [0.717, 1.165) is 32.4 Å². The van der Waals surface area contributed by atoms with Crippen molar-refractivity contribution in [2.45, 2.75) is 46.5 Å². The fraction of sp³-hybridized carbons (Fsp3) is 0.800. The SMILES string of the molecule is CC12CCC(C(=O)N3CCCC3)(C(=O)C1=NO)C2(C)C. The number of hydrogen-bond donors (Lipinski definition) is 1. The summed E-state index contributed by atoms with van der Waals surface area (Å²) in [4.78, 5) is 27.7. The van der Waals surface area contributed by atoms with Gasteiger partial charge in [0.25, 0.3) is 0 Å². The molecular formula is C15H22N2O3. The maximum Gasteiger partial charge on any atom is 0.237 e. The highest BCUT2D eigenvalue weighted by molar-refractivity contribution is 6.50. The fourth-order valence-corrected chi connectivity index (χ4v) is 4.62. The minimum atomic E-state index is -1.02. The van der Waals surface area contributed by atoms with Crippen molar-refractivity contribution in [2.24, 2.45) is 21.4 Å². The van der Waals surface area contributed by atoms with E-state index in [9.17, 15) is 14.8 Å². The van der Waals surface area contributed by atoms with E-state index in [1.54, 1.807) is 0 Å². The van der Waals surface area contributed by atoms with E-state index in [4.69, 9.17) is 0 Å². The summed E-state index contributed by atoms with van der Waals surface area (Å²) in [6, 6.07) is 0. The lowest BCUT2D eigenvalue weighted by Gasteiger charge is -2.39. The molecule has 3 rings (SSSR count). The lowest BCUT2D eigenvalue weighted by molar-refractivity contribution is -0.151. The molecule has 5 nitrogen and oxygen atoms in total. The van der Waals surface area contributed by atoms with Crippen LogP contribution in [0.15, 0.2) is 5.16 Å². The summed E-state index contributed by atoms with van der Waals surface area (Å²) in [7, 11) is 0. The molecule has 2 unspecified atom stereocenters. The molecule has 1 N–H and O–H groups in total. The van der Waals surface area contributed by atoms with Gasteiger partial charge in [-0.15, -0.1) is 0 Å².